The van der Waals surface area contributed by atoms with E-state index in [2.05, 4.69) is 5.32 Å². The maximum atomic E-state index is 13.0. The summed E-state index contributed by atoms with van der Waals surface area (Å²) in [6, 6.07) is 3.80. The lowest BCUT2D eigenvalue weighted by molar-refractivity contribution is -0.138. The number of amides is 3. The molecule has 0 saturated carbocycles. The van der Waals surface area contributed by atoms with E-state index in [0.717, 1.165) is 6.07 Å². The van der Waals surface area contributed by atoms with Crippen molar-refractivity contribution in [1.29, 1.82) is 0 Å². The van der Waals surface area contributed by atoms with Crippen LogP contribution in [-0.2, 0) is 11.0 Å². The van der Waals surface area contributed by atoms with Gasteiger partial charge in [0, 0.05) is 13.1 Å². The third-order valence-corrected chi connectivity index (χ3v) is 3.95. The standard InChI is InChI=1S/C15H18F3N3O2/c1-9(11-4-2-3-5-12(11)15(16,17)18)20-14(23)21-7-6-10(8-21)13(19)22/h2-5,9-10H,6-8H2,1H3,(H2,19,22)(H,20,23)/t9-,10-/m0/s1. The maximum Gasteiger partial charge on any atom is 0.416 e. The summed E-state index contributed by atoms with van der Waals surface area (Å²) in [5, 5.41) is 2.54. The van der Waals surface area contributed by atoms with Crippen LogP contribution in [0.1, 0.15) is 30.5 Å². The average Bonchev–Trinajstić information content (AvgIpc) is 2.96. The minimum Gasteiger partial charge on any atom is -0.369 e. The molecule has 2 atom stereocenters. The molecule has 3 amide bonds. The Morgan fingerprint density at radius 3 is 2.57 bits per heavy atom. The average molecular weight is 329 g/mol. The first kappa shape index (κ1) is 17.1. The Hall–Kier alpha value is -2.25. The lowest BCUT2D eigenvalue weighted by atomic mass is 10.0. The quantitative estimate of drug-likeness (QED) is 0.893. The van der Waals surface area contributed by atoms with Gasteiger partial charge in [-0.05, 0) is 25.0 Å². The highest BCUT2D eigenvalue weighted by Crippen LogP contribution is 2.34. The molecule has 0 radical (unpaired) electrons. The summed E-state index contributed by atoms with van der Waals surface area (Å²) in [4.78, 5) is 24.6. The van der Waals surface area contributed by atoms with Gasteiger partial charge in [-0.15, -0.1) is 0 Å². The molecule has 126 valence electrons. The van der Waals surface area contributed by atoms with Crippen LogP contribution in [-0.4, -0.2) is 29.9 Å². The van der Waals surface area contributed by atoms with Crippen LogP contribution >= 0.6 is 0 Å². The predicted molar refractivity (Wildman–Crippen MR) is 77.3 cm³/mol. The molecule has 0 aliphatic carbocycles. The molecule has 1 aromatic rings. The molecule has 1 saturated heterocycles. The minimum absolute atomic E-state index is 0.000928. The van der Waals surface area contributed by atoms with Crippen LogP contribution in [0.25, 0.3) is 0 Å². The zero-order valence-corrected chi connectivity index (χ0v) is 12.6. The van der Waals surface area contributed by atoms with Crippen LogP contribution in [0.3, 0.4) is 0 Å². The summed E-state index contributed by atoms with van der Waals surface area (Å²) >= 11 is 0. The van der Waals surface area contributed by atoms with Crippen LogP contribution in [0.4, 0.5) is 18.0 Å². The Morgan fingerprint density at radius 2 is 2.00 bits per heavy atom. The number of urea groups is 1. The Balaban J connectivity index is 2.07. The summed E-state index contributed by atoms with van der Waals surface area (Å²) < 4.78 is 39.0. The van der Waals surface area contributed by atoms with Crippen LogP contribution < -0.4 is 11.1 Å². The normalized spacial score (nSPS) is 19.5. The fourth-order valence-corrected chi connectivity index (χ4v) is 2.66. The number of alkyl halides is 3. The minimum atomic E-state index is -4.49. The molecular formula is C15H18F3N3O2. The zero-order valence-electron chi connectivity index (χ0n) is 12.6. The fraction of sp³-hybridized carbons (Fsp3) is 0.467. The summed E-state index contributed by atoms with van der Waals surface area (Å²) in [7, 11) is 0. The van der Waals surface area contributed by atoms with E-state index in [9.17, 15) is 22.8 Å². The van der Waals surface area contributed by atoms with Gasteiger partial charge in [0.15, 0.2) is 0 Å². The Bertz CT molecular complexity index is 604. The second-order valence-corrected chi connectivity index (χ2v) is 5.59. The highest BCUT2D eigenvalue weighted by molar-refractivity contribution is 5.80. The van der Waals surface area contributed by atoms with Crippen molar-refractivity contribution in [3.8, 4) is 0 Å². The van der Waals surface area contributed by atoms with Crippen LogP contribution in [0.2, 0.25) is 0 Å². The van der Waals surface area contributed by atoms with Gasteiger partial charge in [0.25, 0.3) is 0 Å². The summed E-state index contributed by atoms with van der Waals surface area (Å²) in [5.74, 6) is -0.880. The highest BCUT2D eigenvalue weighted by Gasteiger charge is 2.35. The molecular weight excluding hydrogens is 311 g/mol. The molecule has 1 fully saturated rings. The van der Waals surface area contributed by atoms with Crippen molar-refractivity contribution in [3.05, 3.63) is 35.4 Å². The topological polar surface area (TPSA) is 75.4 Å². The lowest BCUT2D eigenvalue weighted by Crippen LogP contribution is -2.40. The zero-order chi connectivity index (χ0) is 17.2. The van der Waals surface area contributed by atoms with Crippen molar-refractivity contribution in [3.63, 3.8) is 0 Å². The number of carbonyl (C=O) groups excluding carboxylic acids is 2. The number of hydrogen-bond donors (Lipinski definition) is 2. The first-order chi connectivity index (χ1) is 10.7. The van der Waals surface area contributed by atoms with E-state index in [0.29, 0.717) is 13.0 Å². The first-order valence-electron chi connectivity index (χ1n) is 7.21. The molecule has 5 nitrogen and oxygen atoms in total. The van der Waals surface area contributed by atoms with Crippen molar-refractivity contribution in [2.75, 3.05) is 13.1 Å². The smallest absolute Gasteiger partial charge is 0.369 e. The maximum absolute atomic E-state index is 13.0. The van der Waals surface area contributed by atoms with Crippen molar-refractivity contribution in [2.24, 2.45) is 11.7 Å². The summed E-state index contributed by atoms with van der Waals surface area (Å²) in [6.45, 7) is 2.03. The molecule has 8 heteroatoms. The SMILES string of the molecule is C[C@H](NC(=O)N1CC[C@H](C(N)=O)C1)c1ccccc1C(F)(F)F. The van der Waals surface area contributed by atoms with Crippen LogP contribution in [0.15, 0.2) is 24.3 Å². The largest absolute Gasteiger partial charge is 0.416 e. The molecule has 23 heavy (non-hydrogen) atoms. The molecule has 1 aliphatic rings. The number of nitrogens with two attached hydrogens (primary N) is 1. The number of carbonyl (C=O) groups is 2. The Kier molecular flexibility index (Phi) is 4.82. The Labute approximate surface area is 131 Å². The third kappa shape index (κ3) is 3.94. The number of likely N-dealkylation sites (tertiary alicyclic amines) is 1. The number of benzene rings is 1. The number of nitrogens with zero attached hydrogens (tertiary/aromatic N) is 1. The van der Waals surface area contributed by atoms with E-state index in [1.807, 2.05) is 0 Å². The number of hydrogen-bond acceptors (Lipinski definition) is 2. The van der Waals surface area contributed by atoms with E-state index in [4.69, 9.17) is 5.73 Å². The fourth-order valence-electron chi connectivity index (χ4n) is 2.66. The molecule has 0 spiro atoms. The van der Waals surface area contributed by atoms with E-state index in [-0.39, 0.29) is 12.1 Å². The van der Waals surface area contributed by atoms with Crippen molar-refractivity contribution < 1.29 is 22.8 Å². The van der Waals surface area contributed by atoms with Crippen molar-refractivity contribution >= 4 is 11.9 Å². The van der Waals surface area contributed by atoms with Gasteiger partial charge in [0.05, 0.1) is 17.5 Å². The van der Waals surface area contributed by atoms with Crippen LogP contribution in [0.5, 0.6) is 0 Å². The number of nitrogens with one attached hydrogen (secondary N) is 1. The first-order valence-corrected chi connectivity index (χ1v) is 7.21. The molecule has 3 N–H and O–H groups in total. The molecule has 1 heterocycles. The monoisotopic (exact) mass is 329 g/mol. The number of halogens is 3. The van der Waals surface area contributed by atoms with Gasteiger partial charge in [-0.2, -0.15) is 13.2 Å². The predicted octanol–water partition coefficient (Wildman–Crippen LogP) is 2.28. The molecule has 0 unspecified atom stereocenters. The van der Waals surface area contributed by atoms with E-state index >= 15 is 0 Å². The third-order valence-electron chi connectivity index (χ3n) is 3.95. The van der Waals surface area contributed by atoms with Gasteiger partial charge < -0.3 is 16.0 Å². The van der Waals surface area contributed by atoms with E-state index in [1.165, 1.54) is 30.0 Å². The Morgan fingerprint density at radius 1 is 1.35 bits per heavy atom. The van der Waals surface area contributed by atoms with Gasteiger partial charge in [-0.1, -0.05) is 18.2 Å². The summed E-state index contributed by atoms with van der Waals surface area (Å²) in [5.41, 5.74) is 4.42. The van der Waals surface area contributed by atoms with Gasteiger partial charge in [-0.3, -0.25) is 4.79 Å². The van der Waals surface area contributed by atoms with E-state index in [1.54, 1.807) is 0 Å². The molecule has 1 aromatic carbocycles. The van der Waals surface area contributed by atoms with Gasteiger partial charge >= 0.3 is 12.2 Å². The second-order valence-electron chi connectivity index (χ2n) is 5.59. The molecule has 0 bridgehead atoms. The molecule has 2 rings (SSSR count). The van der Waals surface area contributed by atoms with Gasteiger partial charge in [0.2, 0.25) is 5.91 Å². The lowest BCUT2D eigenvalue weighted by Gasteiger charge is -2.23. The van der Waals surface area contributed by atoms with Crippen molar-refractivity contribution in [2.45, 2.75) is 25.6 Å². The van der Waals surface area contributed by atoms with Crippen LogP contribution in [0, 0.1) is 5.92 Å². The number of primary amides is 1. The van der Waals surface area contributed by atoms with Gasteiger partial charge in [-0.25, -0.2) is 4.79 Å². The van der Waals surface area contributed by atoms with Crippen molar-refractivity contribution in [1.82, 2.24) is 10.2 Å². The highest BCUT2D eigenvalue weighted by atomic mass is 19.4. The van der Waals surface area contributed by atoms with E-state index < -0.39 is 35.6 Å². The van der Waals surface area contributed by atoms with Gasteiger partial charge in [0.1, 0.15) is 0 Å². The molecule has 0 aromatic heterocycles. The second kappa shape index (κ2) is 6.47. The summed E-state index contributed by atoms with van der Waals surface area (Å²) in [6.07, 6.45) is -4.02. The number of rotatable bonds is 3. The molecule has 1 aliphatic heterocycles.